The summed E-state index contributed by atoms with van der Waals surface area (Å²) in [5.41, 5.74) is 6.10. The van der Waals surface area contributed by atoms with Crippen LogP contribution in [0.2, 0.25) is 5.02 Å². The number of nitrogen functional groups attached to an aromatic ring is 1. The predicted molar refractivity (Wildman–Crippen MR) is 62.4 cm³/mol. The van der Waals surface area contributed by atoms with Gasteiger partial charge < -0.3 is 15.6 Å². The van der Waals surface area contributed by atoms with E-state index in [9.17, 15) is 4.79 Å². The summed E-state index contributed by atoms with van der Waals surface area (Å²) >= 11 is 5.78. The Hall–Kier alpha value is -1.26. The fourth-order valence-electron chi connectivity index (χ4n) is 1.06. The number of carbonyl (C=O) groups is 1. The van der Waals surface area contributed by atoms with Gasteiger partial charge in [0.15, 0.2) is 0 Å². The highest BCUT2D eigenvalue weighted by atomic mass is 35.5. The van der Waals surface area contributed by atoms with Gasteiger partial charge in [0.1, 0.15) is 0 Å². The minimum absolute atomic E-state index is 0.0295. The van der Waals surface area contributed by atoms with Crippen LogP contribution >= 0.6 is 11.6 Å². The number of esters is 1. The van der Waals surface area contributed by atoms with Crippen molar-refractivity contribution in [1.82, 2.24) is 0 Å². The van der Waals surface area contributed by atoms with Gasteiger partial charge in [0, 0.05) is 12.5 Å². The lowest BCUT2D eigenvalue weighted by Crippen LogP contribution is -2.15. The topological polar surface area (TPSA) is 72.5 Å². The summed E-state index contributed by atoms with van der Waals surface area (Å²) < 4.78 is 4.98. The fourth-order valence-corrected chi connectivity index (χ4v) is 1.24. The zero-order chi connectivity index (χ0) is 12.1. The van der Waals surface area contributed by atoms with Crippen molar-refractivity contribution in [2.24, 2.45) is 5.92 Å². The lowest BCUT2D eigenvalue weighted by Gasteiger charge is -2.10. The molecule has 0 radical (unpaired) electrons. The van der Waals surface area contributed by atoms with Crippen molar-refractivity contribution < 1.29 is 14.6 Å². The molecule has 5 heteroatoms. The minimum atomic E-state index is -0.528. The lowest BCUT2D eigenvalue weighted by molar-refractivity contribution is 0.0406. The molecule has 1 aromatic carbocycles. The first-order valence-electron chi connectivity index (χ1n) is 4.88. The van der Waals surface area contributed by atoms with Crippen LogP contribution in [0.5, 0.6) is 0 Å². The van der Waals surface area contributed by atoms with Gasteiger partial charge in [-0.3, -0.25) is 0 Å². The first kappa shape index (κ1) is 12.8. The Labute approximate surface area is 99.0 Å². The number of carbonyl (C=O) groups excluding carboxylic acids is 1. The fraction of sp³-hybridized carbons (Fsp3) is 0.364. The molecule has 0 aromatic heterocycles. The molecule has 0 aliphatic carbocycles. The normalized spacial score (nSPS) is 12.2. The zero-order valence-electron chi connectivity index (χ0n) is 8.94. The van der Waals surface area contributed by atoms with Crippen molar-refractivity contribution in [3.8, 4) is 0 Å². The number of halogens is 1. The van der Waals surface area contributed by atoms with E-state index in [2.05, 4.69) is 0 Å². The number of nitrogens with two attached hydrogens (primary N) is 1. The van der Waals surface area contributed by atoms with Crippen LogP contribution in [0.4, 0.5) is 5.69 Å². The molecule has 16 heavy (non-hydrogen) atoms. The molecular formula is C11H14ClNO3. The molecule has 1 unspecified atom stereocenters. The van der Waals surface area contributed by atoms with Crippen molar-refractivity contribution in [1.29, 1.82) is 0 Å². The van der Waals surface area contributed by atoms with Crippen LogP contribution in [0.15, 0.2) is 18.2 Å². The predicted octanol–water partition coefficient (Wildman–Crippen LogP) is 1.71. The van der Waals surface area contributed by atoms with Crippen molar-refractivity contribution in [3.63, 3.8) is 0 Å². The monoisotopic (exact) mass is 243 g/mol. The summed E-state index contributed by atoms with van der Waals surface area (Å²) in [6.45, 7) is 1.90. The van der Waals surface area contributed by atoms with Gasteiger partial charge >= 0.3 is 5.97 Å². The second-order valence-electron chi connectivity index (χ2n) is 3.59. The molecule has 1 atom stereocenters. The molecule has 0 heterocycles. The van der Waals surface area contributed by atoms with Gasteiger partial charge in [-0.25, -0.2) is 4.79 Å². The highest BCUT2D eigenvalue weighted by molar-refractivity contribution is 6.33. The Balaban J connectivity index is 2.70. The molecule has 4 nitrogen and oxygen atoms in total. The maximum absolute atomic E-state index is 11.6. The molecule has 88 valence electrons. The lowest BCUT2D eigenvalue weighted by atomic mass is 10.2. The van der Waals surface area contributed by atoms with E-state index in [4.69, 9.17) is 27.2 Å². The van der Waals surface area contributed by atoms with E-state index in [1.807, 2.05) is 0 Å². The van der Waals surface area contributed by atoms with Crippen molar-refractivity contribution in [2.45, 2.75) is 6.92 Å². The van der Waals surface area contributed by atoms with Crippen LogP contribution in [-0.2, 0) is 4.74 Å². The van der Waals surface area contributed by atoms with E-state index in [-0.39, 0.29) is 30.4 Å². The van der Waals surface area contributed by atoms with Crippen LogP contribution in [0.25, 0.3) is 0 Å². The molecular weight excluding hydrogens is 230 g/mol. The third-order valence-corrected chi connectivity index (χ3v) is 2.41. The molecule has 3 N–H and O–H groups in total. The molecule has 0 saturated carbocycles. The molecule has 0 aliphatic rings. The van der Waals surface area contributed by atoms with Gasteiger partial charge in [-0.15, -0.1) is 0 Å². The van der Waals surface area contributed by atoms with Crippen LogP contribution in [-0.4, -0.2) is 24.3 Å². The SMILES string of the molecule is CC(CO)COC(=O)c1cccc(Cl)c1N. The average molecular weight is 244 g/mol. The Morgan fingerprint density at radius 3 is 2.94 bits per heavy atom. The number of rotatable bonds is 4. The van der Waals surface area contributed by atoms with Crippen LogP contribution < -0.4 is 5.73 Å². The minimum Gasteiger partial charge on any atom is -0.462 e. The Bertz CT molecular complexity index is 381. The van der Waals surface area contributed by atoms with Gasteiger partial charge in [0.05, 0.1) is 22.9 Å². The third kappa shape index (κ3) is 3.12. The first-order valence-corrected chi connectivity index (χ1v) is 5.26. The number of hydrogen-bond donors (Lipinski definition) is 2. The molecule has 0 bridgehead atoms. The average Bonchev–Trinajstić information content (AvgIpc) is 2.29. The second-order valence-corrected chi connectivity index (χ2v) is 3.99. The van der Waals surface area contributed by atoms with Crippen molar-refractivity contribution in [3.05, 3.63) is 28.8 Å². The highest BCUT2D eigenvalue weighted by Crippen LogP contribution is 2.23. The summed E-state index contributed by atoms with van der Waals surface area (Å²) in [7, 11) is 0. The van der Waals surface area contributed by atoms with E-state index >= 15 is 0 Å². The number of aliphatic hydroxyl groups is 1. The number of benzene rings is 1. The number of anilines is 1. The second kappa shape index (κ2) is 5.72. The van der Waals surface area contributed by atoms with Crippen LogP contribution in [0.1, 0.15) is 17.3 Å². The summed E-state index contributed by atoms with van der Waals surface area (Å²) in [5, 5.41) is 9.10. The highest BCUT2D eigenvalue weighted by Gasteiger charge is 2.14. The molecule has 0 amide bonds. The van der Waals surface area contributed by atoms with Gasteiger partial charge in [-0.1, -0.05) is 24.6 Å². The summed E-state index contributed by atoms with van der Waals surface area (Å²) in [6.07, 6.45) is 0. The zero-order valence-corrected chi connectivity index (χ0v) is 9.70. The smallest absolute Gasteiger partial charge is 0.340 e. The Morgan fingerprint density at radius 1 is 1.62 bits per heavy atom. The quantitative estimate of drug-likeness (QED) is 0.624. The van der Waals surface area contributed by atoms with E-state index in [1.54, 1.807) is 25.1 Å². The van der Waals surface area contributed by atoms with E-state index in [1.165, 1.54) is 0 Å². The molecule has 1 aromatic rings. The molecule has 1 rings (SSSR count). The van der Waals surface area contributed by atoms with Crippen LogP contribution in [0, 0.1) is 5.92 Å². The largest absolute Gasteiger partial charge is 0.462 e. The van der Waals surface area contributed by atoms with Gasteiger partial charge in [-0.2, -0.15) is 0 Å². The molecule has 0 saturated heterocycles. The molecule has 0 aliphatic heterocycles. The Morgan fingerprint density at radius 2 is 2.31 bits per heavy atom. The molecule has 0 spiro atoms. The van der Waals surface area contributed by atoms with E-state index in [0.29, 0.717) is 5.02 Å². The third-order valence-electron chi connectivity index (χ3n) is 2.08. The summed E-state index contributed by atoms with van der Waals surface area (Å²) in [5.74, 6) is -0.621. The van der Waals surface area contributed by atoms with E-state index in [0.717, 1.165) is 0 Å². The number of hydrogen-bond acceptors (Lipinski definition) is 4. The Kier molecular flexibility index (Phi) is 4.58. The standard InChI is InChI=1S/C11H14ClNO3/c1-7(5-14)6-16-11(15)8-3-2-4-9(12)10(8)13/h2-4,7,14H,5-6,13H2,1H3. The van der Waals surface area contributed by atoms with Crippen molar-refractivity contribution >= 4 is 23.3 Å². The van der Waals surface area contributed by atoms with Crippen LogP contribution in [0.3, 0.4) is 0 Å². The summed E-state index contributed by atoms with van der Waals surface area (Å²) in [6, 6.07) is 4.78. The first-order chi connectivity index (χ1) is 7.56. The molecule has 0 fully saturated rings. The number of ether oxygens (including phenoxy) is 1. The maximum atomic E-state index is 11.6. The summed E-state index contributed by atoms with van der Waals surface area (Å²) in [4.78, 5) is 11.6. The van der Waals surface area contributed by atoms with Crippen molar-refractivity contribution in [2.75, 3.05) is 18.9 Å². The van der Waals surface area contributed by atoms with Gasteiger partial charge in [0.2, 0.25) is 0 Å². The van der Waals surface area contributed by atoms with Gasteiger partial charge in [0.25, 0.3) is 0 Å². The van der Waals surface area contributed by atoms with E-state index < -0.39 is 5.97 Å². The maximum Gasteiger partial charge on any atom is 0.340 e. The number of para-hydroxylation sites is 1. The van der Waals surface area contributed by atoms with Gasteiger partial charge in [-0.05, 0) is 12.1 Å². The number of aliphatic hydroxyl groups excluding tert-OH is 1.